The fourth-order valence-corrected chi connectivity index (χ4v) is 19.0. The van der Waals surface area contributed by atoms with E-state index in [2.05, 4.69) is 141 Å². The Bertz CT molecular complexity index is 6300. The number of amides is 5. The number of β-amino-alcohol motifs (C(OH)–C–C–N with tert-alkyl or cyclic N) is 5. The highest BCUT2D eigenvalue weighted by Crippen LogP contribution is 2.48. The van der Waals surface area contributed by atoms with Crippen LogP contribution in [0.15, 0.2) is 274 Å². The topological polar surface area (TPSA) is 332 Å². The first-order valence-corrected chi connectivity index (χ1v) is 44.5. The molecule has 1 aliphatic carbocycles. The van der Waals surface area contributed by atoms with Crippen molar-refractivity contribution < 1.29 is 59.0 Å². The van der Waals surface area contributed by atoms with Gasteiger partial charge < -0.3 is 71.0 Å². The van der Waals surface area contributed by atoms with E-state index >= 15 is 0 Å². The third-order valence-corrected chi connectivity index (χ3v) is 26.6. The van der Waals surface area contributed by atoms with E-state index < -0.39 is 30.5 Å². The first-order chi connectivity index (χ1) is 62.3. The molecule has 0 bridgehead atoms. The number of aromatic nitrogens is 5. The Balaban J connectivity index is 0.000000113. The van der Waals surface area contributed by atoms with Crippen LogP contribution in [0.2, 0.25) is 0 Å². The zero-order chi connectivity index (χ0) is 88.5. The van der Waals surface area contributed by atoms with Gasteiger partial charge in [-0.25, -0.2) is 14.5 Å². The minimum absolute atomic E-state index is 0.00314. The number of imidazole rings is 1. The second kappa shape index (κ2) is 39.0. The number of piperidine rings is 5. The molecule has 14 aromatic rings. The molecule has 4 aromatic heterocycles. The van der Waals surface area contributed by atoms with Crippen LogP contribution in [0.3, 0.4) is 0 Å². The van der Waals surface area contributed by atoms with Crippen LogP contribution >= 0.6 is 0 Å². The number of anilines is 1. The van der Waals surface area contributed by atoms with Crippen LogP contribution in [0.4, 0.5) is 5.82 Å². The molecule has 656 valence electrons. The summed E-state index contributed by atoms with van der Waals surface area (Å²) in [6.45, 7) is 7.65. The number of carbonyl (C=O) groups excluding carboxylic acids is 5. The van der Waals surface area contributed by atoms with Crippen LogP contribution < -0.4 is 20.9 Å². The number of nitrogens with one attached hydrogen (secondary N) is 1. The Labute approximate surface area is 743 Å². The molecular weight excluding hydrogens is 1610 g/mol. The maximum Gasteiger partial charge on any atom is 0.259 e. The molecule has 5 amide bonds. The summed E-state index contributed by atoms with van der Waals surface area (Å²) in [6, 6.07) is 80.3. The number of nitrogen functional groups attached to an aromatic ring is 1. The lowest BCUT2D eigenvalue weighted by molar-refractivity contribution is -0.140. The monoisotopic (exact) mass is 1720 g/mol. The van der Waals surface area contributed by atoms with Crippen LogP contribution in [0, 0.1) is 5.41 Å². The molecule has 24 heteroatoms. The number of hydrogen-bond donors (Lipinski definition) is 8. The molecule has 10 N–H and O–H groups in total. The number of carbonyl (C=O) groups is 5. The van der Waals surface area contributed by atoms with Crippen LogP contribution in [0.1, 0.15) is 156 Å². The number of aliphatic hydroxyl groups excluding tert-OH is 5. The van der Waals surface area contributed by atoms with Gasteiger partial charge in [0.05, 0.1) is 41.5 Å². The molecular formula is C104H108N12O12. The molecule has 24 nitrogen and oxygen atoms in total. The van der Waals surface area contributed by atoms with Gasteiger partial charge >= 0.3 is 0 Å². The molecule has 6 aliphatic heterocycles. The predicted octanol–water partition coefficient (Wildman–Crippen LogP) is 14.1. The zero-order valence-electron chi connectivity index (χ0n) is 71.7. The maximum atomic E-state index is 12.9. The highest BCUT2D eigenvalue weighted by Gasteiger charge is 2.52. The quantitative estimate of drug-likeness (QED) is 0.0563. The van der Waals surface area contributed by atoms with Gasteiger partial charge in [-0.15, -0.1) is 0 Å². The van der Waals surface area contributed by atoms with Crippen molar-refractivity contribution in [2.45, 2.75) is 118 Å². The van der Waals surface area contributed by atoms with Gasteiger partial charge in [-0.05, 0) is 171 Å². The molecule has 0 radical (unpaired) electrons. The molecule has 10 heterocycles. The number of H-pyrrole nitrogens is 1. The van der Waals surface area contributed by atoms with Gasteiger partial charge in [-0.1, -0.05) is 201 Å². The van der Waals surface area contributed by atoms with Crippen LogP contribution in [-0.2, 0) is 11.2 Å². The van der Waals surface area contributed by atoms with Gasteiger partial charge in [0.15, 0.2) is 17.1 Å². The van der Waals surface area contributed by atoms with Crippen molar-refractivity contribution in [3.63, 3.8) is 0 Å². The summed E-state index contributed by atoms with van der Waals surface area (Å²) in [6.07, 6.45) is 11.7. The number of pyridine rings is 2. The van der Waals surface area contributed by atoms with E-state index in [4.69, 9.17) is 20.9 Å². The van der Waals surface area contributed by atoms with E-state index in [1.165, 1.54) is 49.3 Å². The normalized spacial score (nSPS) is 21.7. The van der Waals surface area contributed by atoms with Crippen LogP contribution in [0.5, 0.6) is 11.5 Å². The largest absolute Gasteiger partial charge is 0.454 e. The molecule has 7 aliphatic rings. The number of ether oxygens (including phenoxy) is 2. The summed E-state index contributed by atoms with van der Waals surface area (Å²) >= 11 is 0. The Morgan fingerprint density at radius 2 is 0.805 bits per heavy atom. The smallest absolute Gasteiger partial charge is 0.259 e. The summed E-state index contributed by atoms with van der Waals surface area (Å²) in [5.41, 5.74) is 20.5. The number of rotatable bonds is 12. The Morgan fingerprint density at radius 1 is 0.406 bits per heavy atom. The van der Waals surface area contributed by atoms with Crippen molar-refractivity contribution >= 4 is 84.1 Å². The van der Waals surface area contributed by atoms with Crippen molar-refractivity contribution in [1.29, 1.82) is 0 Å². The van der Waals surface area contributed by atoms with Crippen molar-refractivity contribution in [3.05, 3.63) is 329 Å². The molecule has 128 heavy (non-hydrogen) atoms. The number of likely N-dealkylation sites (tertiary alicyclic amines) is 5. The van der Waals surface area contributed by atoms with E-state index in [-0.39, 0.29) is 71.3 Å². The van der Waals surface area contributed by atoms with Gasteiger partial charge in [0.1, 0.15) is 11.4 Å². The van der Waals surface area contributed by atoms with E-state index in [1.54, 1.807) is 72.0 Å². The lowest BCUT2D eigenvalue weighted by Crippen LogP contribution is -2.49. The average molecular weight is 1720 g/mol. The molecule has 0 spiro atoms. The van der Waals surface area contributed by atoms with Crippen molar-refractivity contribution in [3.8, 4) is 11.5 Å². The first kappa shape index (κ1) is 86.9. The van der Waals surface area contributed by atoms with E-state index in [9.17, 15) is 49.5 Å². The average Bonchev–Trinajstić information content (AvgIpc) is 1.60. The first-order valence-electron chi connectivity index (χ1n) is 44.5. The van der Waals surface area contributed by atoms with Gasteiger partial charge in [0, 0.05) is 149 Å². The Morgan fingerprint density at radius 3 is 1.23 bits per heavy atom. The molecule has 5 saturated heterocycles. The summed E-state index contributed by atoms with van der Waals surface area (Å²) in [5.74, 6) is 1.96. The molecule has 10 unspecified atom stereocenters. The van der Waals surface area contributed by atoms with E-state index in [1.807, 2.05) is 110 Å². The van der Waals surface area contributed by atoms with Gasteiger partial charge in [-0.2, -0.15) is 0 Å². The van der Waals surface area contributed by atoms with Gasteiger partial charge in [0.2, 0.25) is 12.7 Å². The second-order valence-corrected chi connectivity index (χ2v) is 34.6. The van der Waals surface area contributed by atoms with E-state index in [0.29, 0.717) is 106 Å². The molecule has 10 atom stereocenters. The number of benzene rings is 10. The number of aromatic amines is 1. The number of fused-ring (bicyclic) bond motifs is 6. The summed E-state index contributed by atoms with van der Waals surface area (Å²) in [5, 5.41) is 65.9. The molecule has 1 saturated carbocycles. The molecule has 21 rings (SSSR count). The SMILES string of the molecule is CCc1cc(C(=O)N2CCC(c3ccc4ccccc4c3)C(O)C2)ccn1.NCC1(C(=O)N2CCC(c3ccc4c(c3)OCO4)C(O)C2)CC1.Nc1ccc(C(=O)N2CCC(c3ccc4ccccc4c3)C(O)C2)cn1.O=C(c1c[nH]n2ccnc12)N1CCC(c2ccc3ccccc3c2)C(O)C1.O=C(c1ccccc1)N1CCC(c2ccc3ccccc3c2)C(O)C1. The van der Waals surface area contributed by atoms with Crippen molar-refractivity contribution in [1.82, 2.24) is 49.1 Å². The summed E-state index contributed by atoms with van der Waals surface area (Å²) < 4.78 is 12.4. The third-order valence-electron chi connectivity index (χ3n) is 26.6. The number of nitrogens with zero attached hydrogens (tertiary/aromatic N) is 9. The predicted molar refractivity (Wildman–Crippen MR) is 494 cm³/mol. The maximum absolute atomic E-state index is 12.9. The zero-order valence-corrected chi connectivity index (χ0v) is 71.7. The molecule has 6 fully saturated rings. The number of aryl methyl sites for hydroxylation is 1. The summed E-state index contributed by atoms with van der Waals surface area (Å²) in [7, 11) is 0. The fraction of sp³-hybridized carbons (Fsp3) is 0.308. The lowest BCUT2D eigenvalue weighted by atomic mass is 9.86. The van der Waals surface area contributed by atoms with Gasteiger partial charge in [-0.3, -0.25) is 34.1 Å². The van der Waals surface area contributed by atoms with Crippen molar-refractivity contribution in [2.24, 2.45) is 11.1 Å². The van der Waals surface area contributed by atoms with Crippen molar-refractivity contribution in [2.75, 3.05) is 84.5 Å². The standard InChI is InChI=1S/C23H24N2O2.C22H21NO2.C21H20N4O2.C21H21N3O2.C17H22N2O4/c1-2-20-14-19(9-11-24-20)23(27)25-12-10-21(22(26)15-25)18-8-7-16-5-3-4-6-17(16)13-18;24-21-15-23(22(25)17-7-2-1-3-8-17)13-12-20(21)19-11-10-16-6-4-5-9-18(16)14-19;26-19-13-24(21(27)18-12-23-25-10-8-22-20(18)25)9-7-17(19)16-6-5-14-3-1-2-4-15(14)11-16;22-20-8-7-17(12-23-20)21(26)24-10-9-18(19(25)13-24)16-6-5-14-3-1-2-4-15(14)11-16;18-9-17(4-5-17)16(21)19-6-3-12(13(20)8-19)11-1-2-14-15(7-11)23-10-22-14/h3-9,11,13-14,21-22,26H,2,10,12,15H2,1H3;1-11,14,20-21,24H,12-13,15H2;1-6,8,10-12,17,19,23,26H,7,9,13H2;1-8,11-12,18-19,25H,9-10,13H2,(H2,22,23);1-2,7,12-13,20H,3-6,8-10,18H2. The van der Waals surface area contributed by atoms with E-state index in [0.717, 1.165) is 96.4 Å². The van der Waals surface area contributed by atoms with Crippen LogP contribution in [0.25, 0.3) is 48.7 Å². The van der Waals surface area contributed by atoms with Gasteiger partial charge in [0.25, 0.3) is 23.6 Å². The Hall–Kier alpha value is -13.2. The minimum atomic E-state index is -0.587. The lowest BCUT2D eigenvalue weighted by Gasteiger charge is -2.37. The highest BCUT2D eigenvalue weighted by atomic mass is 16.7. The Kier molecular flexibility index (Phi) is 26.4. The van der Waals surface area contributed by atoms with Crippen LogP contribution in [-0.4, -0.2) is 213 Å². The second-order valence-electron chi connectivity index (χ2n) is 34.6. The third kappa shape index (κ3) is 19.4. The number of hydrogen-bond acceptors (Lipinski definition) is 17. The fourth-order valence-electron chi connectivity index (χ4n) is 19.0. The summed E-state index contributed by atoms with van der Waals surface area (Å²) in [4.78, 5) is 84.6. The minimum Gasteiger partial charge on any atom is -0.454 e. The number of nitrogens with two attached hydrogens (primary N) is 2. The molecule has 10 aromatic carbocycles. The number of aliphatic hydroxyl groups is 5. The highest BCUT2D eigenvalue weighted by molar-refractivity contribution is 6.00.